The molecule has 35 heteroatoms. The normalized spacial score (nSPS) is 13.0. The molecule has 0 saturated carbocycles. The molecule has 0 amide bonds. The van der Waals surface area contributed by atoms with Gasteiger partial charge >= 0.3 is 129 Å². The molecule has 0 unspecified atom stereocenters. The van der Waals surface area contributed by atoms with Gasteiger partial charge in [-0.15, -0.1) is 10.2 Å². The first-order chi connectivity index (χ1) is 30.2. The number of aliphatic imine (C=N–C) groups is 1. The monoisotopic (exact) mass is 1100 g/mol. The van der Waals surface area contributed by atoms with Crippen LogP contribution in [0.3, 0.4) is 0 Å². The molecule has 0 spiro atoms. The summed E-state index contributed by atoms with van der Waals surface area (Å²) < 4.78 is 168. The first-order valence-electron chi connectivity index (χ1n) is 17.2. The van der Waals surface area contributed by atoms with Crippen molar-refractivity contribution in [2.24, 2.45) is 25.2 Å². The number of aromatic nitrogens is 3. The molecule has 4 N–H and O–H groups in total. The average molecular weight is 1100 g/mol. The van der Waals surface area contributed by atoms with E-state index in [0.717, 1.165) is 24.3 Å². The Kier molecular flexibility index (Phi) is 22.8. The van der Waals surface area contributed by atoms with Gasteiger partial charge in [0, 0.05) is 5.39 Å². The Balaban J connectivity index is 0.00000408. The molecule has 5 aromatic carbocycles. The Bertz CT molecular complexity index is 3720. The molecule has 25 nitrogen and oxygen atoms in total. The summed E-state index contributed by atoms with van der Waals surface area (Å²) in [7, 11) is -25.3. The molecule has 6 aromatic rings. The first-order valence-corrected chi connectivity index (χ1v) is 24.8. The van der Waals surface area contributed by atoms with E-state index in [9.17, 15) is 66.0 Å². The number of benzene rings is 5. The minimum absolute atomic E-state index is 0. The van der Waals surface area contributed by atoms with Crippen LogP contribution in [0.1, 0.15) is 5.56 Å². The van der Waals surface area contributed by atoms with Gasteiger partial charge in [-0.3, -0.25) is 19.1 Å². The van der Waals surface area contributed by atoms with Crippen LogP contribution in [-0.4, -0.2) is 93.5 Å². The number of rotatable bonds is 14. The maximum atomic E-state index is 14.0. The molecule has 6 rings (SSSR count). The zero-order valence-electron chi connectivity index (χ0n) is 35.7. The fourth-order valence-electron chi connectivity index (χ4n) is 5.53. The molecule has 1 aromatic heterocycles. The minimum Gasteiger partial charge on any atom is -0.870 e. The number of fused-ring (bicyclic) bond motifs is 1. The number of nitrogens with one attached hydrogen (secondary N) is 2. The molecular weight excluding hydrogens is 1080 g/mol. The molecule has 1 heterocycles. The standard InChI is InChI=1S/C34H27ClN8O17S5.4Na/c35-32-39-33(36-20-7-4-8-22(15-20)61(46,47)12-11-60-65(57,58)59)41-34(40-32)37-21-9-10-26(63(51,52)53)24(16-21)42-43-29-27(64(54,55)56)14-19-13-23(62(48,49)50)17-25(28(19)30(29)44)38-31(45)18-5-2-1-3-6-18;;;;/h1-10,13-17,44H,11-12H2,(H,38,45)(H,48,49,50)(H,51,52,53)(H,54,55,56)(H,57,58,59)(H2,36,37,39,40,41);;;;/q;4*+1/p-4. The van der Waals surface area contributed by atoms with Crippen LogP contribution < -0.4 is 140 Å². The minimum atomic E-state index is -5.49. The van der Waals surface area contributed by atoms with Crippen LogP contribution in [0, 0.1) is 0 Å². The Hall–Kier alpha value is -2.32. The van der Waals surface area contributed by atoms with E-state index >= 15 is 0 Å². The van der Waals surface area contributed by atoms with Gasteiger partial charge in [-0.2, -0.15) is 21.8 Å². The maximum absolute atomic E-state index is 14.0. The summed E-state index contributed by atoms with van der Waals surface area (Å²) >= 11 is 6.11. The molecule has 0 atom stereocenters. The van der Waals surface area contributed by atoms with Crippen LogP contribution in [0.2, 0.25) is 5.28 Å². The molecule has 0 saturated heterocycles. The van der Waals surface area contributed by atoms with Crippen molar-refractivity contribution in [3.8, 4) is 5.75 Å². The maximum Gasteiger partial charge on any atom is 1.00 e. The van der Waals surface area contributed by atoms with Crippen molar-refractivity contribution in [1.82, 2.24) is 15.0 Å². The summed E-state index contributed by atoms with van der Waals surface area (Å²) in [4.78, 5) is 17.3. The van der Waals surface area contributed by atoms with Crippen LogP contribution in [0.15, 0.2) is 136 Å². The third-order valence-electron chi connectivity index (χ3n) is 8.26. The quantitative estimate of drug-likeness (QED) is 0.0259. The molecule has 0 fully saturated rings. The van der Waals surface area contributed by atoms with Gasteiger partial charge < -0.3 is 24.3 Å². The van der Waals surface area contributed by atoms with Gasteiger partial charge in [-0.25, -0.2) is 39.4 Å². The van der Waals surface area contributed by atoms with Crippen molar-refractivity contribution in [3.63, 3.8) is 0 Å². The van der Waals surface area contributed by atoms with Gasteiger partial charge in [0.15, 0.2) is 9.84 Å². The number of sulfone groups is 1. The number of halogens is 1. The van der Waals surface area contributed by atoms with Crippen molar-refractivity contribution < 1.29 is 193 Å². The second-order valence-electron chi connectivity index (χ2n) is 12.7. The Morgan fingerprint density at radius 2 is 1.35 bits per heavy atom. The number of hydrogen-bond acceptors (Lipinski definition) is 21. The molecule has 0 bridgehead atoms. The Morgan fingerprint density at radius 1 is 0.696 bits per heavy atom. The van der Waals surface area contributed by atoms with Gasteiger partial charge in [0.2, 0.25) is 16.5 Å². The van der Waals surface area contributed by atoms with E-state index < -0.39 is 117 Å². The summed E-state index contributed by atoms with van der Waals surface area (Å²) in [5.41, 5.74) is -3.84. The summed E-state index contributed by atoms with van der Waals surface area (Å²) in [5, 5.41) is 32.5. The average Bonchev–Trinajstić information content (AvgIpc) is 3.18. The molecule has 69 heavy (non-hydrogen) atoms. The third kappa shape index (κ3) is 16.9. The smallest absolute Gasteiger partial charge is 0.870 e. The van der Waals surface area contributed by atoms with Gasteiger partial charge in [0.1, 0.15) is 30.8 Å². The van der Waals surface area contributed by atoms with E-state index in [1.807, 2.05) is 0 Å². The second-order valence-corrected chi connectivity index (χ2v) is 20.4. The number of nitrogens with zero attached hydrogens (tertiary/aromatic N) is 6. The van der Waals surface area contributed by atoms with Gasteiger partial charge in [-0.1, -0.05) is 42.1 Å². The van der Waals surface area contributed by atoms with Crippen molar-refractivity contribution in [3.05, 3.63) is 113 Å². The largest absolute Gasteiger partial charge is 1.00 e. The topological polar surface area (TPSA) is 419 Å². The van der Waals surface area contributed by atoms with Crippen molar-refractivity contribution in [2.45, 2.75) is 19.6 Å². The van der Waals surface area contributed by atoms with Crippen LogP contribution >= 0.6 is 11.6 Å². The van der Waals surface area contributed by atoms with E-state index in [4.69, 9.17) is 16.2 Å². The molecule has 0 radical (unpaired) electrons. The predicted octanol–water partition coefficient (Wildman–Crippen LogP) is -10.4. The van der Waals surface area contributed by atoms with Crippen molar-refractivity contribution >= 4 is 107 Å². The van der Waals surface area contributed by atoms with Crippen molar-refractivity contribution in [1.29, 1.82) is 0 Å². The van der Waals surface area contributed by atoms with E-state index in [1.54, 1.807) is 6.07 Å². The fraction of sp³-hybridized carbons (Fsp3) is 0.0588. The van der Waals surface area contributed by atoms with E-state index in [-0.39, 0.29) is 157 Å². The number of aromatic amines is 2. The second kappa shape index (κ2) is 25.1. The zero-order chi connectivity index (χ0) is 47.7. The fourth-order valence-corrected chi connectivity index (χ4v) is 8.99. The van der Waals surface area contributed by atoms with Gasteiger partial charge in [0.05, 0.1) is 49.8 Å². The van der Waals surface area contributed by atoms with Gasteiger partial charge in [0.25, 0.3) is 10.1 Å². The number of hydrogen-bond donors (Lipinski definition) is 4. The van der Waals surface area contributed by atoms with E-state index in [0.29, 0.717) is 24.3 Å². The van der Waals surface area contributed by atoms with Crippen LogP contribution in [0.25, 0.3) is 10.8 Å². The van der Waals surface area contributed by atoms with Crippen LogP contribution in [-0.2, 0) is 54.8 Å². The summed E-state index contributed by atoms with van der Waals surface area (Å²) in [6, 6.07) is 16.1. The number of azo groups is 1. The number of H-pyrrole nitrogens is 2. The third-order valence-corrected chi connectivity index (χ3v) is 13.1. The molecule has 0 aliphatic heterocycles. The van der Waals surface area contributed by atoms with Gasteiger partial charge in [-0.05, 0) is 83.0 Å². The predicted molar refractivity (Wildman–Crippen MR) is 217 cm³/mol. The van der Waals surface area contributed by atoms with Crippen LogP contribution in [0.4, 0.5) is 28.4 Å². The van der Waals surface area contributed by atoms with Crippen LogP contribution in [0.5, 0.6) is 5.75 Å². The summed E-state index contributed by atoms with van der Waals surface area (Å²) in [5.74, 6) is -3.38. The molecule has 0 aliphatic rings. The van der Waals surface area contributed by atoms with E-state index in [1.165, 1.54) is 36.4 Å². The van der Waals surface area contributed by atoms with Crippen molar-refractivity contribution in [2.75, 3.05) is 12.4 Å². The molecule has 342 valence electrons. The van der Waals surface area contributed by atoms with E-state index in [2.05, 4.69) is 44.3 Å². The zero-order valence-corrected chi connectivity index (χ0v) is 48.5. The molecular formula is C34H23ClN8Na4O17S5. The Labute approximate surface area is 484 Å². The SMILES string of the molecule is O=S(=O)(O)OCCS(=O)(=O)c1cccc(N=c2nc(Cl)[nH]c(=Nc3ccc(S(=O)(=O)[O-])c(N=Nc4c(S(=O)(=O)O)cc5cc(S(=O)(=O)[O-])cc(N=C([O-])c6ccccc6)c5c4[O-])c3)[nH]2)c1.[Na+].[Na+].[Na+].[Na+]. The Morgan fingerprint density at radius 3 is 1.96 bits per heavy atom. The summed E-state index contributed by atoms with van der Waals surface area (Å²) in [6.45, 7) is -0.899. The summed E-state index contributed by atoms with van der Waals surface area (Å²) in [6.07, 6.45) is 0. The molecule has 0 aliphatic carbocycles. The first kappa shape index (κ1) is 62.8.